The monoisotopic (exact) mass is 377 g/mol. The Bertz CT molecular complexity index is 1020. The van der Waals surface area contributed by atoms with Crippen LogP contribution in [0.15, 0.2) is 59.4 Å². The summed E-state index contributed by atoms with van der Waals surface area (Å²) in [6, 6.07) is 16.3. The van der Waals surface area contributed by atoms with E-state index in [-0.39, 0.29) is 18.1 Å². The fraction of sp³-hybridized carbons (Fsp3) is 0.227. The summed E-state index contributed by atoms with van der Waals surface area (Å²) in [7, 11) is 0. The smallest absolute Gasteiger partial charge is 0.264 e. The molecule has 6 heteroatoms. The summed E-state index contributed by atoms with van der Waals surface area (Å²) in [5.74, 6) is 0.791. The quantitative estimate of drug-likeness (QED) is 0.683. The van der Waals surface area contributed by atoms with Gasteiger partial charge in [-0.15, -0.1) is 0 Å². The lowest BCUT2D eigenvalue weighted by molar-refractivity contribution is -0.118. The molecule has 6 nitrogen and oxygen atoms in total. The molecule has 0 aliphatic carbocycles. The second-order valence-corrected chi connectivity index (χ2v) is 6.92. The lowest BCUT2D eigenvalue weighted by Crippen LogP contribution is -2.20. The number of hydrogen-bond donors (Lipinski definition) is 2. The second-order valence-electron chi connectivity index (χ2n) is 6.92. The number of aromatic amines is 1. The first kappa shape index (κ1) is 19.4. The van der Waals surface area contributed by atoms with E-state index in [9.17, 15) is 9.59 Å². The van der Waals surface area contributed by atoms with Crippen LogP contribution in [0.25, 0.3) is 11.3 Å². The maximum atomic E-state index is 12.3. The number of anilines is 1. The molecule has 3 rings (SSSR count). The molecule has 28 heavy (non-hydrogen) atoms. The van der Waals surface area contributed by atoms with E-state index < -0.39 is 0 Å². The Balaban J connectivity index is 1.67. The van der Waals surface area contributed by atoms with Crippen molar-refractivity contribution in [2.24, 2.45) is 0 Å². The molecule has 2 aromatic carbocycles. The Morgan fingerprint density at radius 2 is 1.96 bits per heavy atom. The number of benzene rings is 2. The van der Waals surface area contributed by atoms with Gasteiger partial charge >= 0.3 is 0 Å². The van der Waals surface area contributed by atoms with Crippen LogP contribution in [0, 0.1) is 6.92 Å². The van der Waals surface area contributed by atoms with Crippen LogP contribution < -0.4 is 15.6 Å². The molecule has 1 heterocycles. The van der Waals surface area contributed by atoms with Crippen LogP contribution in [-0.4, -0.2) is 22.7 Å². The molecule has 0 radical (unpaired) electrons. The molecular weight excluding hydrogens is 354 g/mol. The van der Waals surface area contributed by atoms with E-state index in [1.54, 1.807) is 18.2 Å². The van der Waals surface area contributed by atoms with Gasteiger partial charge in [0, 0.05) is 17.3 Å². The minimum atomic E-state index is -0.262. The number of H-pyrrole nitrogens is 1. The highest BCUT2D eigenvalue weighted by Gasteiger charge is 2.11. The van der Waals surface area contributed by atoms with Crippen molar-refractivity contribution in [3.63, 3.8) is 0 Å². The number of nitrogens with zero attached hydrogens (tertiary/aromatic N) is 1. The van der Waals surface area contributed by atoms with Crippen molar-refractivity contribution in [3.05, 3.63) is 76.1 Å². The number of ether oxygens (including phenoxy) is 1. The van der Waals surface area contributed by atoms with Crippen molar-refractivity contribution >= 4 is 11.6 Å². The molecule has 0 saturated carbocycles. The summed E-state index contributed by atoms with van der Waals surface area (Å²) < 4.78 is 5.78. The second kappa shape index (κ2) is 8.52. The number of rotatable bonds is 6. The number of amides is 1. The first-order valence-corrected chi connectivity index (χ1v) is 9.12. The Morgan fingerprint density at radius 1 is 1.14 bits per heavy atom. The lowest BCUT2D eigenvalue weighted by atomic mass is 10.0. The Labute approximate surface area is 163 Å². The summed E-state index contributed by atoms with van der Waals surface area (Å²) in [6.45, 7) is 6.10. The number of aryl methyl sites for hydroxylation is 1. The SMILES string of the molecule is Cc1ccc(C(C)C)c(OCC(=O)Nc2cccc(-c3ccc(=O)[nH]n3)c2)c1. The van der Waals surface area contributed by atoms with E-state index in [0.29, 0.717) is 17.3 Å². The predicted molar refractivity (Wildman–Crippen MR) is 110 cm³/mol. The minimum Gasteiger partial charge on any atom is -0.483 e. The zero-order valence-electron chi connectivity index (χ0n) is 16.2. The van der Waals surface area contributed by atoms with Gasteiger partial charge in [0.05, 0.1) is 5.69 Å². The van der Waals surface area contributed by atoms with Crippen LogP contribution in [0.1, 0.15) is 30.9 Å². The average Bonchev–Trinajstić information content (AvgIpc) is 2.67. The number of carbonyl (C=O) groups excluding carboxylic acids is 1. The van der Waals surface area contributed by atoms with Crippen LogP contribution in [0.3, 0.4) is 0 Å². The summed E-state index contributed by atoms with van der Waals surface area (Å²) >= 11 is 0. The van der Waals surface area contributed by atoms with E-state index in [4.69, 9.17) is 4.74 Å². The van der Waals surface area contributed by atoms with Gasteiger partial charge in [0.15, 0.2) is 6.61 Å². The normalized spacial score (nSPS) is 10.7. The van der Waals surface area contributed by atoms with Crippen molar-refractivity contribution in [2.45, 2.75) is 26.7 Å². The fourth-order valence-electron chi connectivity index (χ4n) is 2.85. The summed E-state index contributed by atoms with van der Waals surface area (Å²) in [6.07, 6.45) is 0. The van der Waals surface area contributed by atoms with Crippen LogP contribution in [-0.2, 0) is 4.79 Å². The van der Waals surface area contributed by atoms with Gasteiger partial charge in [-0.2, -0.15) is 5.10 Å². The lowest BCUT2D eigenvalue weighted by Gasteiger charge is -2.15. The van der Waals surface area contributed by atoms with Crippen molar-refractivity contribution in [3.8, 4) is 17.0 Å². The van der Waals surface area contributed by atoms with Crippen LogP contribution in [0.5, 0.6) is 5.75 Å². The van der Waals surface area contributed by atoms with Gasteiger partial charge < -0.3 is 10.1 Å². The van der Waals surface area contributed by atoms with Crippen LogP contribution in [0.2, 0.25) is 0 Å². The third-order valence-corrected chi connectivity index (χ3v) is 4.27. The van der Waals surface area contributed by atoms with Gasteiger partial charge in [-0.1, -0.05) is 38.1 Å². The maximum absolute atomic E-state index is 12.3. The molecule has 3 aromatic rings. The maximum Gasteiger partial charge on any atom is 0.264 e. The van der Waals surface area contributed by atoms with Crippen molar-refractivity contribution in [1.29, 1.82) is 0 Å². The minimum absolute atomic E-state index is 0.0791. The van der Waals surface area contributed by atoms with Gasteiger partial charge in [-0.3, -0.25) is 9.59 Å². The number of nitrogens with one attached hydrogen (secondary N) is 2. The Kier molecular flexibility index (Phi) is 5.89. The highest BCUT2D eigenvalue weighted by molar-refractivity contribution is 5.92. The first-order valence-electron chi connectivity index (χ1n) is 9.12. The Hall–Kier alpha value is -3.41. The van der Waals surface area contributed by atoms with Gasteiger partial charge in [0.1, 0.15) is 5.75 Å². The first-order chi connectivity index (χ1) is 13.4. The molecule has 0 atom stereocenters. The largest absolute Gasteiger partial charge is 0.483 e. The Morgan fingerprint density at radius 3 is 2.68 bits per heavy atom. The highest BCUT2D eigenvalue weighted by atomic mass is 16.5. The van der Waals surface area contributed by atoms with Crippen molar-refractivity contribution in [1.82, 2.24) is 10.2 Å². The zero-order chi connectivity index (χ0) is 20.1. The summed E-state index contributed by atoms with van der Waals surface area (Å²) in [5.41, 5.74) is 3.93. The van der Waals surface area contributed by atoms with Crippen molar-refractivity contribution in [2.75, 3.05) is 11.9 Å². The summed E-state index contributed by atoms with van der Waals surface area (Å²) in [4.78, 5) is 23.5. The molecule has 144 valence electrons. The molecule has 0 saturated heterocycles. The molecule has 0 unspecified atom stereocenters. The molecule has 0 fully saturated rings. The predicted octanol–water partition coefficient (Wildman–Crippen LogP) is 3.89. The van der Waals surface area contributed by atoms with E-state index in [1.165, 1.54) is 6.07 Å². The average molecular weight is 377 g/mol. The molecule has 0 spiro atoms. The van der Waals surface area contributed by atoms with E-state index in [2.05, 4.69) is 29.4 Å². The molecule has 2 N–H and O–H groups in total. The standard InChI is InChI=1S/C22H23N3O3/c1-14(2)18-8-7-15(3)11-20(18)28-13-22(27)23-17-6-4-5-16(12-17)19-9-10-21(26)25-24-19/h4-12,14H,13H2,1-3H3,(H,23,27)(H,25,26). The van der Waals surface area contributed by atoms with E-state index >= 15 is 0 Å². The van der Waals surface area contributed by atoms with Crippen molar-refractivity contribution < 1.29 is 9.53 Å². The van der Waals surface area contributed by atoms with Gasteiger partial charge in [-0.05, 0) is 48.2 Å². The molecule has 1 aromatic heterocycles. The third-order valence-electron chi connectivity index (χ3n) is 4.27. The number of hydrogen-bond acceptors (Lipinski definition) is 4. The van der Waals surface area contributed by atoms with Crippen LogP contribution >= 0.6 is 0 Å². The molecule has 0 bridgehead atoms. The van der Waals surface area contributed by atoms with Gasteiger partial charge in [0.2, 0.25) is 0 Å². The fourth-order valence-corrected chi connectivity index (χ4v) is 2.85. The number of aromatic nitrogens is 2. The van der Waals surface area contributed by atoms with E-state index in [1.807, 2.05) is 37.3 Å². The molecule has 1 amide bonds. The third kappa shape index (κ3) is 4.85. The van der Waals surface area contributed by atoms with E-state index in [0.717, 1.165) is 22.4 Å². The molecular formula is C22H23N3O3. The van der Waals surface area contributed by atoms with Gasteiger partial charge in [-0.25, -0.2) is 5.10 Å². The molecule has 0 aliphatic heterocycles. The van der Waals surface area contributed by atoms with Crippen LogP contribution in [0.4, 0.5) is 5.69 Å². The number of carbonyl (C=O) groups is 1. The van der Waals surface area contributed by atoms with Gasteiger partial charge in [0.25, 0.3) is 11.5 Å². The topological polar surface area (TPSA) is 84.1 Å². The zero-order valence-corrected chi connectivity index (χ0v) is 16.2. The molecule has 0 aliphatic rings. The highest BCUT2D eigenvalue weighted by Crippen LogP contribution is 2.27. The summed E-state index contributed by atoms with van der Waals surface area (Å²) in [5, 5.41) is 9.24.